The summed E-state index contributed by atoms with van der Waals surface area (Å²) in [5.41, 5.74) is 7.41. The van der Waals surface area contributed by atoms with Crippen molar-refractivity contribution in [2.24, 2.45) is 5.73 Å². The summed E-state index contributed by atoms with van der Waals surface area (Å²) < 4.78 is 17.4. The van der Waals surface area contributed by atoms with Gasteiger partial charge in [0.1, 0.15) is 29.9 Å². The average Bonchev–Trinajstić information content (AvgIpc) is 3.62. The van der Waals surface area contributed by atoms with E-state index in [1.807, 2.05) is 30.3 Å². The molecule has 3 aromatic carbocycles. The summed E-state index contributed by atoms with van der Waals surface area (Å²) >= 11 is 0. The maximum Gasteiger partial charge on any atom is 0.243 e. The van der Waals surface area contributed by atoms with Gasteiger partial charge in [0.15, 0.2) is 5.79 Å². The zero-order valence-corrected chi connectivity index (χ0v) is 22.3. The number of nitrogens with zero attached hydrogens (tertiary/aromatic N) is 2. The van der Waals surface area contributed by atoms with Crippen molar-refractivity contribution in [3.63, 3.8) is 0 Å². The highest BCUT2D eigenvalue weighted by Crippen LogP contribution is 2.35. The number of nitrogens with two attached hydrogens (primary N) is 1. The van der Waals surface area contributed by atoms with Gasteiger partial charge in [-0.2, -0.15) is 0 Å². The van der Waals surface area contributed by atoms with Crippen molar-refractivity contribution < 1.29 is 28.6 Å². The minimum atomic E-state index is -1.05. The number of amidine groups is 1. The van der Waals surface area contributed by atoms with E-state index in [-0.39, 0.29) is 37.8 Å². The second-order valence-corrected chi connectivity index (χ2v) is 9.82. The summed E-state index contributed by atoms with van der Waals surface area (Å²) in [7, 11) is 0. The fraction of sp³-hybridized carbons (Fsp3) is 0.267. The van der Waals surface area contributed by atoms with Crippen LogP contribution in [0, 0.1) is 5.41 Å². The zero-order valence-electron chi connectivity index (χ0n) is 22.3. The molecule has 2 saturated heterocycles. The van der Waals surface area contributed by atoms with Crippen LogP contribution in [0.3, 0.4) is 0 Å². The lowest BCUT2D eigenvalue weighted by atomic mass is 10.1. The third kappa shape index (κ3) is 6.53. The third-order valence-electron chi connectivity index (χ3n) is 7.04. The van der Waals surface area contributed by atoms with Crippen LogP contribution in [-0.2, 0) is 30.4 Å². The average molecular weight is 558 g/mol. The summed E-state index contributed by atoms with van der Waals surface area (Å²) in [5.74, 6) is -0.596. The maximum atomic E-state index is 13.5. The molecule has 2 fully saturated rings. The standard InChI is InChI=1S/C30H31N5O6/c31-28(32)22-8-6-21(7-9-22)17-33-29(38)26-16-30(39-14-15-40-30)19-35(26)27(37)18-34(20-36)23-10-12-25(13-11-23)41-24-4-2-1-3-5-24/h1-13,20,26H,14-19H2,(H3,31,32)(H,33,38)/t26-/m0/s1. The molecule has 2 aliphatic heterocycles. The minimum absolute atomic E-state index is 0.0385. The summed E-state index contributed by atoms with van der Waals surface area (Å²) in [6.07, 6.45) is 0.764. The Labute approximate surface area is 237 Å². The van der Waals surface area contributed by atoms with E-state index in [1.54, 1.807) is 48.5 Å². The lowest BCUT2D eigenvalue weighted by Crippen LogP contribution is -2.49. The first-order valence-electron chi connectivity index (χ1n) is 13.2. The van der Waals surface area contributed by atoms with Crippen LogP contribution in [0.5, 0.6) is 11.5 Å². The van der Waals surface area contributed by atoms with E-state index in [9.17, 15) is 14.4 Å². The van der Waals surface area contributed by atoms with Crippen LogP contribution in [0.15, 0.2) is 78.9 Å². The number of likely N-dealkylation sites (tertiary alicyclic amines) is 1. The molecule has 3 amide bonds. The molecule has 1 atom stereocenters. The van der Waals surface area contributed by atoms with Crippen LogP contribution in [0.25, 0.3) is 0 Å². The van der Waals surface area contributed by atoms with Gasteiger partial charge in [-0.15, -0.1) is 0 Å². The molecule has 0 aromatic heterocycles. The molecule has 0 aliphatic carbocycles. The van der Waals surface area contributed by atoms with Gasteiger partial charge < -0.3 is 35.1 Å². The number of carbonyl (C=O) groups is 3. The van der Waals surface area contributed by atoms with E-state index in [2.05, 4.69) is 5.32 Å². The molecule has 3 aromatic rings. The number of benzene rings is 3. The van der Waals surface area contributed by atoms with E-state index in [4.69, 9.17) is 25.4 Å². The van der Waals surface area contributed by atoms with Gasteiger partial charge in [0.2, 0.25) is 18.2 Å². The highest BCUT2D eigenvalue weighted by molar-refractivity contribution is 5.95. The molecule has 0 radical (unpaired) electrons. The predicted octanol–water partition coefficient (Wildman–Crippen LogP) is 2.39. The normalized spacial score (nSPS) is 17.3. The van der Waals surface area contributed by atoms with Crippen LogP contribution >= 0.6 is 0 Å². The largest absolute Gasteiger partial charge is 0.457 e. The Bertz CT molecular complexity index is 1390. The second kappa shape index (κ2) is 12.2. The topological polar surface area (TPSA) is 147 Å². The van der Waals surface area contributed by atoms with Gasteiger partial charge in [0.05, 0.1) is 19.8 Å². The predicted molar refractivity (Wildman–Crippen MR) is 150 cm³/mol. The molecule has 0 saturated carbocycles. The van der Waals surface area contributed by atoms with Crippen molar-refractivity contribution >= 4 is 29.7 Å². The zero-order chi connectivity index (χ0) is 28.8. The lowest BCUT2D eigenvalue weighted by Gasteiger charge is -2.26. The van der Waals surface area contributed by atoms with Crippen LogP contribution in [-0.4, -0.2) is 67.1 Å². The molecule has 11 nitrogen and oxygen atoms in total. The van der Waals surface area contributed by atoms with Gasteiger partial charge in [0, 0.05) is 24.2 Å². The number of ether oxygens (including phenoxy) is 3. The van der Waals surface area contributed by atoms with Crippen LogP contribution in [0.1, 0.15) is 17.5 Å². The number of hydrogen-bond donors (Lipinski definition) is 3. The Morgan fingerprint density at radius 3 is 2.32 bits per heavy atom. The highest BCUT2D eigenvalue weighted by atomic mass is 16.7. The minimum Gasteiger partial charge on any atom is -0.457 e. The molecule has 212 valence electrons. The van der Waals surface area contributed by atoms with Gasteiger partial charge in [-0.1, -0.05) is 42.5 Å². The van der Waals surface area contributed by atoms with Crippen molar-refractivity contribution in [3.05, 3.63) is 90.0 Å². The van der Waals surface area contributed by atoms with Crippen molar-refractivity contribution in [2.75, 3.05) is 31.2 Å². The molecule has 0 bridgehead atoms. The van der Waals surface area contributed by atoms with E-state index in [0.29, 0.717) is 42.4 Å². The molecule has 5 rings (SSSR count). The Hall–Kier alpha value is -4.74. The number of carbonyl (C=O) groups excluding carboxylic acids is 3. The van der Waals surface area contributed by atoms with Gasteiger partial charge >= 0.3 is 0 Å². The maximum absolute atomic E-state index is 13.5. The molecular weight excluding hydrogens is 526 g/mol. The molecule has 4 N–H and O–H groups in total. The Morgan fingerprint density at radius 2 is 1.68 bits per heavy atom. The molecule has 1 spiro atoms. The lowest BCUT2D eigenvalue weighted by molar-refractivity contribution is -0.152. The molecule has 11 heteroatoms. The molecule has 2 aliphatic rings. The number of rotatable bonds is 10. The third-order valence-corrected chi connectivity index (χ3v) is 7.04. The molecule has 41 heavy (non-hydrogen) atoms. The quantitative estimate of drug-likeness (QED) is 0.197. The van der Waals surface area contributed by atoms with E-state index >= 15 is 0 Å². The van der Waals surface area contributed by atoms with E-state index in [1.165, 1.54) is 9.80 Å². The van der Waals surface area contributed by atoms with Gasteiger partial charge in [-0.25, -0.2) is 0 Å². The summed E-state index contributed by atoms with van der Waals surface area (Å²) in [5, 5.41) is 10.4. The second-order valence-electron chi connectivity index (χ2n) is 9.82. The first-order valence-corrected chi connectivity index (χ1v) is 13.2. The Morgan fingerprint density at radius 1 is 1.02 bits per heavy atom. The van der Waals surface area contributed by atoms with Gasteiger partial charge in [0.25, 0.3) is 0 Å². The molecule has 2 heterocycles. The highest BCUT2D eigenvalue weighted by Gasteiger charge is 2.52. The van der Waals surface area contributed by atoms with Gasteiger partial charge in [-0.3, -0.25) is 19.8 Å². The number of hydrogen-bond acceptors (Lipinski definition) is 7. The monoisotopic (exact) mass is 557 g/mol. The van der Waals surface area contributed by atoms with Crippen LogP contribution in [0.2, 0.25) is 0 Å². The van der Waals surface area contributed by atoms with E-state index in [0.717, 1.165) is 5.56 Å². The first-order chi connectivity index (χ1) is 19.9. The van der Waals surface area contributed by atoms with E-state index < -0.39 is 17.7 Å². The van der Waals surface area contributed by atoms with Crippen molar-refractivity contribution in [1.82, 2.24) is 10.2 Å². The molecular formula is C30H31N5O6. The van der Waals surface area contributed by atoms with Crippen molar-refractivity contribution in [3.8, 4) is 11.5 Å². The first kappa shape index (κ1) is 27.8. The summed E-state index contributed by atoms with van der Waals surface area (Å²) in [6.45, 7) is 0.776. The Kier molecular flexibility index (Phi) is 8.27. The SMILES string of the molecule is N=C(N)c1ccc(CNC(=O)[C@@H]2CC3(CN2C(=O)CN(C=O)c2ccc(Oc4ccccc4)cc2)OCCO3)cc1. The number of nitrogen functional groups attached to an aromatic ring is 1. The number of anilines is 1. The van der Waals surface area contributed by atoms with Crippen molar-refractivity contribution in [2.45, 2.75) is 24.8 Å². The molecule has 0 unspecified atom stereocenters. The smallest absolute Gasteiger partial charge is 0.243 e. The van der Waals surface area contributed by atoms with Crippen LogP contribution in [0.4, 0.5) is 5.69 Å². The fourth-order valence-corrected chi connectivity index (χ4v) is 4.91. The van der Waals surface area contributed by atoms with Crippen LogP contribution < -0.4 is 20.7 Å². The van der Waals surface area contributed by atoms with Crippen molar-refractivity contribution in [1.29, 1.82) is 5.41 Å². The number of para-hydroxylation sites is 1. The summed E-state index contributed by atoms with van der Waals surface area (Å²) in [4.78, 5) is 41.5. The Balaban J connectivity index is 1.25. The number of nitrogens with one attached hydrogen (secondary N) is 2. The summed E-state index contributed by atoms with van der Waals surface area (Å²) in [6, 6.07) is 22.2. The number of amides is 3. The van der Waals surface area contributed by atoms with Gasteiger partial charge in [-0.05, 0) is 42.0 Å². The fourth-order valence-electron chi connectivity index (χ4n) is 4.91.